The normalized spacial score (nSPS) is 17.0. The summed E-state index contributed by atoms with van der Waals surface area (Å²) in [5.74, 6) is 2.07. The van der Waals surface area contributed by atoms with Gasteiger partial charge < -0.3 is 25.2 Å². The zero-order valence-corrected chi connectivity index (χ0v) is 20.3. The monoisotopic (exact) mass is 500 g/mol. The quantitative estimate of drug-likeness (QED) is 0.332. The van der Waals surface area contributed by atoms with Gasteiger partial charge in [0.1, 0.15) is 18.2 Å². The number of fused-ring (bicyclic) bond motifs is 3. The second kappa shape index (κ2) is 9.96. The van der Waals surface area contributed by atoms with Gasteiger partial charge >= 0.3 is 5.97 Å². The first-order chi connectivity index (χ1) is 18.1. The van der Waals surface area contributed by atoms with Gasteiger partial charge in [0.25, 0.3) is 0 Å². The summed E-state index contributed by atoms with van der Waals surface area (Å²) in [5.41, 5.74) is 3.10. The predicted octanol–water partition coefficient (Wildman–Crippen LogP) is 3.69. The third-order valence-electron chi connectivity index (χ3n) is 6.82. The Labute approximate surface area is 213 Å². The van der Waals surface area contributed by atoms with Crippen molar-refractivity contribution < 1.29 is 19.4 Å². The van der Waals surface area contributed by atoms with Crippen LogP contribution in [0, 0.1) is 0 Å². The van der Waals surface area contributed by atoms with Crippen LogP contribution in [0.3, 0.4) is 0 Å². The number of nitrogens with one attached hydrogen (secondary N) is 2. The number of carboxylic acid groups (broad SMARTS) is 1. The Bertz CT molecular complexity index is 1440. The van der Waals surface area contributed by atoms with E-state index in [1.807, 2.05) is 24.3 Å². The number of carboxylic acids is 1. The van der Waals surface area contributed by atoms with Crippen LogP contribution in [0.5, 0.6) is 11.5 Å². The molecule has 0 amide bonds. The summed E-state index contributed by atoms with van der Waals surface area (Å²) in [4.78, 5) is 20.8. The first-order valence-electron chi connectivity index (χ1n) is 12.5. The van der Waals surface area contributed by atoms with Gasteiger partial charge in [-0.2, -0.15) is 5.10 Å². The second-order valence-corrected chi connectivity index (χ2v) is 9.33. The zero-order valence-electron chi connectivity index (χ0n) is 20.3. The summed E-state index contributed by atoms with van der Waals surface area (Å²) in [6.07, 6.45) is 6.22. The number of aryl methyl sites for hydroxylation is 1. The van der Waals surface area contributed by atoms with Crippen LogP contribution in [0.1, 0.15) is 30.1 Å². The number of pyridine rings is 2. The smallest absolute Gasteiger partial charge is 0.305 e. The fraction of sp³-hybridized carbons (Fsp3) is 0.333. The first kappa shape index (κ1) is 23.1. The van der Waals surface area contributed by atoms with Crippen molar-refractivity contribution in [1.82, 2.24) is 19.7 Å². The molecule has 37 heavy (non-hydrogen) atoms. The summed E-state index contributed by atoms with van der Waals surface area (Å²) in [6.45, 7) is 1.78. The molecule has 2 aliphatic rings. The van der Waals surface area contributed by atoms with Crippen molar-refractivity contribution in [1.29, 1.82) is 0 Å². The molecule has 0 bridgehead atoms. The number of aromatic nitrogens is 4. The Balaban J connectivity index is 1.16. The molecule has 3 N–H and O–H groups in total. The van der Waals surface area contributed by atoms with Gasteiger partial charge in [0, 0.05) is 30.2 Å². The molecule has 3 aromatic heterocycles. The van der Waals surface area contributed by atoms with E-state index in [1.54, 1.807) is 23.1 Å². The predicted molar refractivity (Wildman–Crippen MR) is 138 cm³/mol. The highest BCUT2D eigenvalue weighted by Crippen LogP contribution is 2.32. The Hall–Kier alpha value is -4.34. The molecule has 0 radical (unpaired) electrons. The standard InChI is InChI=1S/C27H28N6O4/c34-25(35)14-23(21-16-37-24-4-2-11-29-27(24)32-21)33-22-8-7-20(13-18(22)15-30-33)36-12-9-19-6-5-17-3-1-10-28-26(17)31-19/h2,4-8,11,13,15,21,23H,1,3,9-10,12,14,16H2,(H,28,31)(H,29,32)(H,34,35). The molecule has 4 aromatic rings. The fourth-order valence-corrected chi connectivity index (χ4v) is 4.96. The maximum Gasteiger partial charge on any atom is 0.305 e. The van der Waals surface area contributed by atoms with E-state index in [9.17, 15) is 9.90 Å². The van der Waals surface area contributed by atoms with E-state index in [1.165, 1.54) is 5.56 Å². The van der Waals surface area contributed by atoms with Crippen molar-refractivity contribution in [3.05, 3.63) is 66.1 Å². The minimum Gasteiger partial charge on any atom is -0.493 e. The van der Waals surface area contributed by atoms with E-state index in [4.69, 9.17) is 14.5 Å². The summed E-state index contributed by atoms with van der Waals surface area (Å²) < 4.78 is 13.6. The number of anilines is 2. The van der Waals surface area contributed by atoms with Crippen LogP contribution in [-0.4, -0.2) is 56.6 Å². The van der Waals surface area contributed by atoms with Crippen LogP contribution in [0.25, 0.3) is 10.9 Å². The van der Waals surface area contributed by atoms with E-state index < -0.39 is 12.0 Å². The van der Waals surface area contributed by atoms with Crippen molar-refractivity contribution in [2.24, 2.45) is 0 Å². The van der Waals surface area contributed by atoms with E-state index in [-0.39, 0.29) is 12.5 Å². The number of aliphatic carboxylic acids is 1. The molecule has 2 aliphatic heterocycles. The van der Waals surface area contributed by atoms with Gasteiger partial charge in [-0.25, -0.2) is 9.97 Å². The molecule has 0 spiro atoms. The highest BCUT2D eigenvalue weighted by molar-refractivity contribution is 5.80. The number of carbonyl (C=O) groups is 1. The molecule has 0 saturated heterocycles. The molecule has 10 heteroatoms. The van der Waals surface area contributed by atoms with Gasteiger partial charge in [-0.1, -0.05) is 6.07 Å². The molecule has 5 heterocycles. The summed E-state index contributed by atoms with van der Waals surface area (Å²) >= 11 is 0. The van der Waals surface area contributed by atoms with Gasteiger partial charge in [0.2, 0.25) is 0 Å². The Morgan fingerprint density at radius 3 is 3.11 bits per heavy atom. The molecule has 1 aromatic carbocycles. The molecule has 190 valence electrons. The number of benzene rings is 1. The van der Waals surface area contributed by atoms with Crippen LogP contribution < -0.4 is 20.1 Å². The molecule has 2 unspecified atom stereocenters. The van der Waals surface area contributed by atoms with Crippen molar-refractivity contribution in [2.45, 2.75) is 37.8 Å². The number of nitrogens with zero attached hydrogens (tertiary/aromatic N) is 4. The highest BCUT2D eigenvalue weighted by Gasteiger charge is 2.32. The van der Waals surface area contributed by atoms with E-state index >= 15 is 0 Å². The lowest BCUT2D eigenvalue weighted by atomic mass is 10.0. The lowest BCUT2D eigenvalue weighted by Crippen LogP contribution is -2.41. The molecular formula is C27H28N6O4. The van der Waals surface area contributed by atoms with Crippen molar-refractivity contribution in [3.8, 4) is 11.5 Å². The molecule has 0 fully saturated rings. The number of ether oxygens (including phenoxy) is 2. The van der Waals surface area contributed by atoms with Gasteiger partial charge in [-0.3, -0.25) is 9.48 Å². The van der Waals surface area contributed by atoms with Gasteiger partial charge in [0.15, 0.2) is 11.6 Å². The van der Waals surface area contributed by atoms with Crippen molar-refractivity contribution >= 4 is 28.5 Å². The summed E-state index contributed by atoms with van der Waals surface area (Å²) in [6, 6.07) is 12.8. The first-order valence-corrected chi connectivity index (χ1v) is 12.5. The van der Waals surface area contributed by atoms with E-state index in [0.717, 1.165) is 47.6 Å². The third kappa shape index (κ3) is 4.87. The van der Waals surface area contributed by atoms with Gasteiger partial charge in [-0.05, 0) is 54.8 Å². The number of hydrogen-bond acceptors (Lipinski definition) is 8. The van der Waals surface area contributed by atoms with Crippen LogP contribution in [-0.2, 0) is 17.6 Å². The van der Waals surface area contributed by atoms with Gasteiger partial charge in [-0.15, -0.1) is 0 Å². The maximum absolute atomic E-state index is 11.7. The minimum absolute atomic E-state index is 0.110. The lowest BCUT2D eigenvalue weighted by Gasteiger charge is -2.32. The topological polar surface area (TPSA) is 123 Å². The fourth-order valence-electron chi connectivity index (χ4n) is 4.96. The average molecular weight is 501 g/mol. The zero-order chi connectivity index (χ0) is 25.2. The Kier molecular flexibility index (Phi) is 6.21. The molecule has 0 saturated carbocycles. The van der Waals surface area contributed by atoms with Crippen molar-refractivity contribution in [3.63, 3.8) is 0 Å². The number of rotatable bonds is 8. The molecule has 6 rings (SSSR count). The average Bonchev–Trinajstić information content (AvgIpc) is 3.34. The van der Waals surface area contributed by atoms with E-state index in [2.05, 4.69) is 32.8 Å². The number of hydrogen-bond donors (Lipinski definition) is 3. The largest absolute Gasteiger partial charge is 0.493 e. The SMILES string of the molecule is O=C(O)CC(C1COc2cccnc2N1)n1ncc2cc(OCCc3ccc4c(n3)NCCC4)ccc21. The van der Waals surface area contributed by atoms with Gasteiger partial charge in [0.05, 0.1) is 36.8 Å². The maximum atomic E-state index is 11.7. The second-order valence-electron chi connectivity index (χ2n) is 9.33. The molecular weight excluding hydrogens is 472 g/mol. The third-order valence-corrected chi connectivity index (χ3v) is 6.82. The highest BCUT2D eigenvalue weighted by atomic mass is 16.5. The van der Waals surface area contributed by atoms with Crippen LogP contribution in [0.15, 0.2) is 54.9 Å². The van der Waals surface area contributed by atoms with Crippen molar-refractivity contribution in [2.75, 3.05) is 30.4 Å². The Morgan fingerprint density at radius 2 is 2.19 bits per heavy atom. The van der Waals surface area contributed by atoms with Crippen LogP contribution in [0.4, 0.5) is 11.6 Å². The summed E-state index contributed by atoms with van der Waals surface area (Å²) in [5, 5.41) is 21.8. The minimum atomic E-state index is -0.909. The molecule has 0 aliphatic carbocycles. The molecule has 2 atom stereocenters. The summed E-state index contributed by atoms with van der Waals surface area (Å²) in [7, 11) is 0. The van der Waals surface area contributed by atoms with Crippen LogP contribution in [0.2, 0.25) is 0 Å². The molecule has 10 nitrogen and oxygen atoms in total. The van der Waals surface area contributed by atoms with E-state index in [0.29, 0.717) is 31.2 Å². The Morgan fingerprint density at radius 1 is 1.24 bits per heavy atom. The van der Waals surface area contributed by atoms with Crippen LogP contribution >= 0.6 is 0 Å². The lowest BCUT2D eigenvalue weighted by molar-refractivity contribution is -0.138.